The van der Waals surface area contributed by atoms with Gasteiger partial charge in [0.15, 0.2) is 0 Å². The minimum Gasteiger partial charge on any atom is -0.378 e. The molecule has 1 saturated heterocycles. The number of amides is 1. The van der Waals surface area contributed by atoms with Gasteiger partial charge in [0.05, 0.1) is 29.7 Å². The number of carbonyl (C=O) groups excluding carboxylic acids is 1. The van der Waals surface area contributed by atoms with E-state index in [1.807, 2.05) is 0 Å². The summed E-state index contributed by atoms with van der Waals surface area (Å²) in [6.07, 6.45) is 0. The number of hydrogen-bond acceptors (Lipinski definition) is 5. The van der Waals surface area contributed by atoms with Gasteiger partial charge in [-0.3, -0.25) is 4.79 Å². The van der Waals surface area contributed by atoms with Gasteiger partial charge in [0.25, 0.3) is 5.91 Å². The summed E-state index contributed by atoms with van der Waals surface area (Å²) >= 11 is 13.7. The maximum Gasteiger partial charge on any atom is 0.260 e. The molecule has 1 aromatic heterocycles. The fourth-order valence-corrected chi connectivity index (χ4v) is 4.59. The summed E-state index contributed by atoms with van der Waals surface area (Å²) in [5.41, 5.74) is 7.07. The molecular weight excluding hydrogens is 407 g/mol. The molecule has 0 aliphatic carbocycles. The van der Waals surface area contributed by atoms with E-state index >= 15 is 0 Å². The number of halogens is 2. The Balaban J connectivity index is 2.17. The molecule has 2 aromatic rings. The van der Waals surface area contributed by atoms with Crippen LogP contribution in [0.5, 0.6) is 0 Å². The number of thiophene rings is 1. The minimum absolute atomic E-state index is 0.268. The second-order valence-corrected chi connectivity index (χ2v) is 7.68. The van der Waals surface area contributed by atoms with Crippen LogP contribution in [0, 0.1) is 6.57 Å². The van der Waals surface area contributed by atoms with Gasteiger partial charge >= 0.3 is 0 Å². The summed E-state index contributed by atoms with van der Waals surface area (Å²) in [5, 5.41) is 4.43. The summed E-state index contributed by atoms with van der Waals surface area (Å²) < 4.78 is 5.41. The van der Waals surface area contributed by atoms with Crippen LogP contribution in [0.15, 0.2) is 18.2 Å². The molecule has 1 amide bonds. The van der Waals surface area contributed by atoms with E-state index in [2.05, 4.69) is 15.1 Å². The summed E-state index contributed by atoms with van der Waals surface area (Å²) in [7, 11) is 0. The normalized spacial score (nSPS) is 14.1. The van der Waals surface area contributed by atoms with Gasteiger partial charge < -0.3 is 20.7 Å². The van der Waals surface area contributed by atoms with Crippen LogP contribution in [0.2, 0.25) is 10.0 Å². The van der Waals surface area contributed by atoms with E-state index < -0.39 is 0 Å². The molecule has 1 aliphatic heterocycles. The van der Waals surface area contributed by atoms with Crippen molar-refractivity contribution in [1.29, 1.82) is 0 Å². The third-order valence-corrected chi connectivity index (χ3v) is 5.90. The Labute approximate surface area is 171 Å². The first-order valence-electron chi connectivity index (χ1n) is 8.37. The highest BCUT2D eigenvalue weighted by Crippen LogP contribution is 2.50. The predicted molar refractivity (Wildman–Crippen MR) is 110 cm³/mol. The van der Waals surface area contributed by atoms with Gasteiger partial charge in [0.1, 0.15) is 0 Å². The van der Waals surface area contributed by atoms with E-state index in [1.165, 1.54) is 11.3 Å². The van der Waals surface area contributed by atoms with Gasteiger partial charge in [0.2, 0.25) is 5.69 Å². The van der Waals surface area contributed by atoms with Crippen LogP contribution in [-0.4, -0.2) is 45.3 Å². The topological polar surface area (TPSA) is 72.0 Å². The lowest BCUT2D eigenvalue weighted by Crippen LogP contribution is -2.35. The van der Waals surface area contributed by atoms with Gasteiger partial charge in [-0.2, -0.15) is 0 Å². The zero-order valence-electron chi connectivity index (χ0n) is 14.4. The summed E-state index contributed by atoms with van der Waals surface area (Å²) in [6, 6.07) is 5.05. The molecule has 3 rings (SSSR count). The molecule has 0 unspecified atom stereocenters. The Morgan fingerprint density at radius 1 is 1.37 bits per heavy atom. The number of nitrogens with zero attached hydrogens (tertiary/aromatic N) is 2. The van der Waals surface area contributed by atoms with Crippen molar-refractivity contribution in [3.05, 3.63) is 44.5 Å². The van der Waals surface area contributed by atoms with E-state index in [1.54, 1.807) is 18.2 Å². The molecule has 6 nitrogen and oxygen atoms in total. The zero-order valence-corrected chi connectivity index (χ0v) is 16.8. The first-order valence-corrected chi connectivity index (χ1v) is 9.94. The Morgan fingerprint density at radius 2 is 2.11 bits per heavy atom. The molecule has 2 heterocycles. The quantitative estimate of drug-likeness (QED) is 0.715. The highest BCUT2D eigenvalue weighted by atomic mass is 35.5. The molecule has 0 saturated carbocycles. The molecule has 3 N–H and O–H groups in total. The highest BCUT2D eigenvalue weighted by Gasteiger charge is 2.28. The van der Waals surface area contributed by atoms with Crippen LogP contribution in [0.4, 0.5) is 10.7 Å². The van der Waals surface area contributed by atoms with Crippen molar-refractivity contribution in [2.75, 3.05) is 44.3 Å². The first-order chi connectivity index (χ1) is 13.1. The van der Waals surface area contributed by atoms with E-state index in [9.17, 15) is 4.79 Å². The van der Waals surface area contributed by atoms with Crippen LogP contribution < -0.4 is 16.0 Å². The predicted octanol–water partition coefficient (Wildman–Crippen LogP) is 3.80. The average molecular weight is 425 g/mol. The number of carbonyl (C=O) groups is 1. The zero-order chi connectivity index (χ0) is 19.4. The van der Waals surface area contributed by atoms with Crippen molar-refractivity contribution >= 4 is 51.1 Å². The second-order valence-electron chi connectivity index (χ2n) is 5.84. The molecule has 142 valence electrons. The number of ether oxygens (including phenoxy) is 1. The van der Waals surface area contributed by atoms with E-state index in [0.29, 0.717) is 71.1 Å². The summed E-state index contributed by atoms with van der Waals surface area (Å²) in [5.74, 6) is -0.268. The van der Waals surface area contributed by atoms with Gasteiger partial charge in [-0.05, 0) is 17.7 Å². The lowest BCUT2D eigenvalue weighted by molar-refractivity contribution is 0.0959. The SMILES string of the molecule is [C-]#[N+]c1c(N2CCOCC2)sc(C(=O)NCCN)c1-c1ccc(Cl)cc1Cl. The number of hydrogen-bond donors (Lipinski definition) is 2. The maximum atomic E-state index is 12.8. The Morgan fingerprint density at radius 3 is 2.74 bits per heavy atom. The van der Waals surface area contributed by atoms with E-state index in [-0.39, 0.29) is 5.91 Å². The molecule has 1 aromatic carbocycles. The molecule has 1 aliphatic rings. The van der Waals surface area contributed by atoms with Gasteiger partial charge in [-0.1, -0.05) is 29.3 Å². The molecule has 0 bridgehead atoms. The maximum absolute atomic E-state index is 12.8. The number of benzene rings is 1. The van der Waals surface area contributed by atoms with Gasteiger partial charge in [0, 0.05) is 41.8 Å². The van der Waals surface area contributed by atoms with Crippen molar-refractivity contribution < 1.29 is 9.53 Å². The monoisotopic (exact) mass is 424 g/mol. The number of nitrogens with two attached hydrogens (primary N) is 1. The fourth-order valence-electron chi connectivity index (χ4n) is 2.86. The van der Waals surface area contributed by atoms with Crippen molar-refractivity contribution in [1.82, 2.24) is 5.32 Å². The number of anilines is 1. The minimum atomic E-state index is -0.268. The summed E-state index contributed by atoms with van der Waals surface area (Å²) in [6.45, 7) is 10.9. The van der Waals surface area contributed by atoms with Crippen molar-refractivity contribution in [2.24, 2.45) is 5.73 Å². The number of morpholine rings is 1. The van der Waals surface area contributed by atoms with Crippen LogP contribution in [-0.2, 0) is 4.74 Å². The molecule has 9 heteroatoms. The van der Waals surface area contributed by atoms with Crippen LogP contribution in [0.3, 0.4) is 0 Å². The van der Waals surface area contributed by atoms with Crippen LogP contribution in [0.1, 0.15) is 9.67 Å². The van der Waals surface area contributed by atoms with Gasteiger partial charge in [-0.25, -0.2) is 4.85 Å². The molecule has 27 heavy (non-hydrogen) atoms. The second kappa shape index (κ2) is 8.91. The molecule has 1 fully saturated rings. The lowest BCUT2D eigenvalue weighted by Gasteiger charge is -2.28. The van der Waals surface area contributed by atoms with Gasteiger partial charge in [-0.15, -0.1) is 11.3 Å². The van der Waals surface area contributed by atoms with Crippen molar-refractivity contribution in [3.63, 3.8) is 0 Å². The molecule has 0 atom stereocenters. The molecule has 0 radical (unpaired) electrons. The van der Waals surface area contributed by atoms with Crippen LogP contribution in [0.25, 0.3) is 16.0 Å². The Kier molecular flexibility index (Phi) is 6.58. The van der Waals surface area contributed by atoms with E-state index in [0.717, 1.165) is 5.00 Å². The smallest absolute Gasteiger partial charge is 0.260 e. The third kappa shape index (κ3) is 4.21. The first kappa shape index (κ1) is 19.9. The lowest BCUT2D eigenvalue weighted by atomic mass is 10.0. The Hall–Kier alpha value is -1.82. The van der Waals surface area contributed by atoms with E-state index in [4.69, 9.17) is 40.2 Å². The molecule has 0 spiro atoms. The number of nitrogens with one attached hydrogen (secondary N) is 1. The standard InChI is InChI=1S/C18H18Cl2N4O2S/c1-22-15-14(12-3-2-11(19)10-13(12)20)16(17(25)23-5-4-21)27-18(15)24-6-8-26-9-7-24/h2-3,10H,4-9,21H2,(H,23,25). The Bertz CT molecular complexity index is 888. The number of rotatable bonds is 5. The van der Waals surface area contributed by atoms with Crippen LogP contribution >= 0.6 is 34.5 Å². The average Bonchev–Trinajstić information content (AvgIpc) is 3.06. The van der Waals surface area contributed by atoms with Crippen molar-refractivity contribution in [3.8, 4) is 11.1 Å². The van der Waals surface area contributed by atoms with Crippen molar-refractivity contribution in [2.45, 2.75) is 0 Å². The molecular formula is C18H18Cl2N4O2S. The third-order valence-electron chi connectivity index (χ3n) is 4.11. The highest BCUT2D eigenvalue weighted by molar-refractivity contribution is 7.19. The largest absolute Gasteiger partial charge is 0.378 e. The fraction of sp³-hybridized carbons (Fsp3) is 0.333. The summed E-state index contributed by atoms with van der Waals surface area (Å²) in [4.78, 5) is 19.0.